The minimum atomic E-state index is -0.836. The Morgan fingerprint density at radius 1 is 1.21 bits per heavy atom. The number of nitrogens with zero attached hydrogens (tertiary/aromatic N) is 1. The van der Waals surface area contributed by atoms with Crippen molar-refractivity contribution in [3.63, 3.8) is 0 Å². The molecule has 3 rings (SSSR count). The second-order valence-electron chi connectivity index (χ2n) is 7.88. The number of carbonyl (C=O) groups excluding carboxylic acids is 1. The van der Waals surface area contributed by atoms with E-state index in [4.69, 9.17) is 9.15 Å². The van der Waals surface area contributed by atoms with E-state index >= 15 is 0 Å². The minimum absolute atomic E-state index is 0.0530. The summed E-state index contributed by atoms with van der Waals surface area (Å²) in [5, 5.41) is 12.8. The van der Waals surface area contributed by atoms with E-state index in [0.29, 0.717) is 10.9 Å². The molecule has 0 aliphatic carbocycles. The van der Waals surface area contributed by atoms with E-state index in [2.05, 4.69) is 10.3 Å². The Morgan fingerprint density at radius 3 is 2.55 bits per heavy atom. The van der Waals surface area contributed by atoms with Crippen LogP contribution in [-0.4, -0.2) is 27.7 Å². The van der Waals surface area contributed by atoms with Crippen molar-refractivity contribution in [2.24, 2.45) is 0 Å². The quantitative estimate of drug-likeness (QED) is 0.636. The molecule has 1 aromatic heterocycles. The number of aryl methyl sites for hydroxylation is 1. The lowest BCUT2D eigenvalue weighted by molar-refractivity contribution is -0.155. The van der Waals surface area contributed by atoms with Gasteiger partial charge in [-0.2, -0.15) is 4.98 Å². The summed E-state index contributed by atoms with van der Waals surface area (Å²) in [6.45, 7) is 7.14. The fourth-order valence-electron chi connectivity index (χ4n) is 2.93. The van der Waals surface area contributed by atoms with Crippen molar-refractivity contribution >= 4 is 22.9 Å². The van der Waals surface area contributed by atoms with Gasteiger partial charge in [-0.25, -0.2) is 9.59 Å². The highest BCUT2D eigenvalue weighted by Crippen LogP contribution is 2.19. The van der Waals surface area contributed by atoms with Gasteiger partial charge in [-0.1, -0.05) is 24.3 Å². The van der Waals surface area contributed by atoms with Crippen molar-refractivity contribution in [3.8, 4) is 5.75 Å². The number of ether oxygens (including phenoxy) is 1. The minimum Gasteiger partial charge on any atom is -0.508 e. The standard InChI is InChI=1S/C22H24N2O5/c1-13-6-5-7-16-18(13)20(27)28-21(23-16)24-17(19(26)29-22(2,3)4)12-14-8-10-15(25)11-9-14/h5-11,17,25H,12H2,1-4H3,(H,23,24). The summed E-state index contributed by atoms with van der Waals surface area (Å²) in [6, 6.07) is 10.9. The number of hydrogen-bond acceptors (Lipinski definition) is 7. The molecule has 0 aliphatic heterocycles. The van der Waals surface area contributed by atoms with Crippen LogP contribution >= 0.6 is 0 Å². The Labute approximate surface area is 168 Å². The van der Waals surface area contributed by atoms with Gasteiger partial charge in [-0.05, 0) is 57.0 Å². The average Bonchev–Trinajstić information content (AvgIpc) is 2.61. The van der Waals surface area contributed by atoms with Gasteiger partial charge in [0.15, 0.2) is 0 Å². The lowest BCUT2D eigenvalue weighted by atomic mass is 10.1. The molecule has 152 valence electrons. The molecular formula is C22H24N2O5. The fraction of sp³-hybridized carbons (Fsp3) is 0.318. The van der Waals surface area contributed by atoms with Gasteiger partial charge >= 0.3 is 11.6 Å². The molecule has 0 aliphatic rings. The monoisotopic (exact) mass is 396 g/mol. The number of nitrogens with one attached hydrogen (secondary N) is 1. The number of benzene rings is 2. The molecule has 0 amide bonds. The van der Waals surface area contributed by atoms with Gasteiger partial charge in [-0.15, -0.1) is 0 Å². The van der Waals surface area contributed by atoms with Gasteiger partial charge in [0.25, 0.3) is 6.01 Å². The molecule has 0 saturated carbocycles. The highest BCUT2D eigenvalue weighted by molar-refractivity contribution is 5.82. The van der Waals surface area contributed by atoms with E-state index < -0.39 is 23.2 Å². The van der Waals surface area contributed by atoms with Crippen LogP contribution in [0.25, 0.3) is 10.9 Å². The summed E-state index contributed by atoms with van der Waals surface area (Å²) in [5.41, 5.74) is 0.841. The molecule has 1 unspecified atom stereocenters. The second kappa shape index (κ2) is 7.95. The van der Waals surface area contributed by atoms with Crippen LogP contribution in [-0.2, 0) is 16.0 Å². The molecule has 1 heterocycles. The van der Waals surface area contributed by atoms with Crippen molar-refractivity contribution in [2.75, 3.05) is 5.32 Å². The van der Waals surface area contributed by atoms with Crippen molar-refractivity contribution in [1.82, 2.24) is 4.98 Å². The van der Waals surface area contributed by atoms with Crippen molar-refractivity contribution in [3.05, 3.63) is 64.0 Å². The van der Waals surface area contributed by atoms with Gasteiger partial charge in [0.05, 0.1) is 10.9 Å². The molecule has 2 aromatic carbocycles. The van der Waals surface area contributed by atoms with E-state index in [-0.39, 0.29) is 18.2 Å². The number of rotatable bonds is 5. The van der Waals surface area contributed by atoms with Crippen molar-refractivity contribution in [1.29, 1.82) is 0 Å². The largest absolute Gasteiger partial charge is 0.508 e. The third kappa shape index (κ3) is 5.13. The third-order valence-electron chi connectivity index (χ3n) is 4.23. The summed E-state index contributed by atoms with van der Waals surface area (Å²) in [6.07, 6.45) is 0.256. The summed E-state index contributed by atoms with van der Waals surface area (Å²) in [4.78, 5) is 29.5. The summed E-state index contributed by atoms with van der Waals surface area (Å²) in [7, 11) is 0. The maximum absolute atomic E-state index is 12.8. The summed E-state index contributed by atoms with van der Waals surface area (Å²) < 4.78 is 10.8. The zero-order chi connectivity index (χ0) is 21.2. The first kappa shape index (κ1) is 20.4. The smallest absolute Gasteiger partial charge is 0.348 e. The Hall–Kier alpha value is -3.35. The van der Waals surface area contributed by atoms with Gasteiger partial charge in [0, 0.05) is 6.42 Å². The molecule has 29 heavy (non-hydrogen) atoms. The van der Waals surface area contributed by atoms with E-state index in [9.17, 15) is 14.7 Å². The predicted molar refractivity (Wildman–Crippen MR) is 110 cm³/mol. The number of aromatic hydroxyl groups is 1. The van der Waals surface area contributed by atoms with Crippen molar-refractivity contribution in [2.45, 2.75) is 45.8 Å². The molecule has 0 fully saturated rings. The van der Waals surface area contributed by atoms with Gasteiger partial charge in [-0.3, -0.25) is 0 Å². The SMILES string of the molecule is Cc1cccc2nc(NC(Cc3ccc(O)cc3)C(=O)OC(C)(C)C)oc(=O)c12. The number of aromatic nitrogens is 1. The van der Waals surface area contributed by atoms with E-state index in [0.717, 1.165) is 11.1 Å². The fourth-order valence-corrected chi connectivity index (χ4v) is 2.93. The Kier molecular flexibility index (Phi) is 5.59. The average molecular weight is 396 g/mol. The normalized spacial score (nSPS) is 12.6. The number of phenolic OH excluding ortho intramolecular Hbond substituents is 1. The van der Waals surface area contributed by atoms with Crippen molar-refractivity contribution < 1.29 is 19.1 Å². The summed E-state index contributed by atoms with van der Waals surface area (Å²) >= 11 is 0. The van der Waals surface area contributed by atoms with Crippen LogP contribution in [0.1, 0.15) is 31.9 Å². The number of fused-ring (bicyclic) bond motifs is 1. The number of esters is 1. The predicted octanol–water partition coefficient (Wildman–Crippen LogP) is 3.57. The maximum Gasteiger partial charge on any atom is 0.348 e. The second-order valence-corrected chi connectivity index (χ2v) is 7.88. The van der Waals surface area contributed by atoms with Crippen LogP contribution < -0.4 is 10.9 Å². The molecule has 0 spiro atoms. The lowest BCUT2D eigenvalue weighted by Crippen LogP contribution is -2.38. The van der Waals surface area contributed by atoms with Gasteiger partial charge in [0.1, 0.15) is 17.4 Å². The number of carbonyl (C=O) groups is 1. The topological polar surface area (TPSA) is 102 Å². The number of phenols is 1. The molecule has 3 aromatic rings. The Morgan fingerprint density at radius 2 is 1.90 bits per heavy atom. The maximum atomic E-state index is 12.8. The molecule has 0 saturated heterocycles. The molecule has 7 heteroatoms. The van der Waals surface area contributed by atoms with Crippen LogP contribution in [0.2, 0.25) is 0 Å². The van der Waals surface area contributed by atoms with E-state index in [1.165, 1.54) is 0 Å². The Balaban J connectivity index is 1.93. The van der Waals surface area contributed by atoms with Crippen LogP contribution in [0.15, 0.2) is 51.7 Å². The highest BCUT2D eigenvalue weighted by Gasteiger charge is 2.27. The summed E-state index contributed by atoms with van der Waals surface area (Å²) in [5.74, 6) is -0.368. The molecule has 0 radical (unpaired) electrons. The zero-order valence-corrected chi connectivity index (χ0v) is 16.9. The van der Waals surface area contributed by atoms with Gasteiger partial charge < -0.3 is 19.6 Å². The zero-order valence-electron chi connectivity index (χ0n) is 16.9. The lowest BCUT2D eigenvalue weighted by Gasteiger charge is -2.24. The first-order valence-electron chi connectivity index (χ1n) is 9.30. The molecular weight excluding hydrogens is 372 g/mol. The first-order chi connectivity index (χ1) is 13.6. The van der Waals surface area contributed by atoms with Crippen LogP contribution in [0.3, 0.4) is 0 Å². The van der Waals surface area contributed by atoms with E-state index in [1.54, 1.807) is 57.2 Å². The van der Waals surface area contributed by atoms with Crippen LogP contribution in [0.5, 0.6) is 5.75 Å². The third-order valence-corrected chi connectivity index (χ3v) is 4.23. The molecule has 2 N–H and O–H groups in total. The Bertz CT molecular complexity index is 1080. The number of anilines is 1. The van der Waals surface area contributed by atoms with Crippen LogP contribution in [0, 0.1) is 6.92 Å². The highest BCUT2D eigenvalue weighted by atomic mass is 16.6. The molecule has 0 bridgehead atoms. The number of hydrogen-bond donors (Lipinski definition) is 2. The van der Waals surface area contributed by atoms with E-state index in [1.807, 2.05) is 13.0 Å². The van der Waals surface area contributed by atoms with Crippen LogP contribution in [0.4, 0.5) is 6.01 Å². The molecule has 7 nitrogen and oxygen atoms in total. The first-order valence-corrected chi connectivity index (χ1v) is 9.30. The van der Waals surface area contributed by atoms with Gasteiger partial charge in [0.2, 0.25) is 0 Å². The molecule has 1 atom stereocenters.